The van der Waals surface area contributed by atoms with Crippen molar-refractivity contribution in [2.24, 2.45) is 5.73 Å². The van der Waals surface area contributed by atoms with Crippen LogP contribution in [0.5, 0.6) is 11.5 Å². The third-order valence-electron chi connectivity index (χ3n) is 3.97. The summed E-state index contributed by atoms with van der Waals surface area (Å²) in [5.41, 5.74) is 6.55. The highest BCUT2D eigenvalue weighted by Crippen LogP contribution is 2.29. The zero-order valence-corrected chi connectivity index (χ0v) is 17.4. The minimum absolute atomic E-state index is 0.0848. The van der Waals surface area contributed by atoms with Gasteiger partial charge in [0.15, 0.2) is 6.61 Å². The lowest BCUT2D eigenvalue weighted by molar-refractivity contribution is -0.118. The van der Waals surface area contributed by atoms with E-state index in [1.54, 1.807) is 12.1 Å². The van der Waals surface area contributed by atoms with Gasteiger partial charge in [-0.25, -0.2) is 12.7 Å². The number of hydrogen-bond acceptors (Lipinski definition) is 6. The van der Waals surface area contributed by atoms with Crippen LogP contribution in [0, 0.1) is 6.92 Å². The van der Waals surface area contributed by atoms with Gasteiger partial charge in [0.1, 0.15) is 16.4 Å². The molecule has 0 aliphatic rings. The summed E-state index contributed by atoms with van der Waals surface area (Å²) in [6.45, 7) is 1.41. The first-order valence-electron chi connectivity index (χ1n) is 8.50. The summed E-state index contributed by atoms with van der Waals surface area (Å²) >= 11 is 0. The van der Waals surface area contributed by atoms with E-state index in [0.29, 0.717) is 0 Å². The lowest BCUT2D eigenvalue weighted by Gasteiger charge is -2.16. The Kier molecular flexibility index (Phi) is 6.83. The molecule has 2 aromatic carbocycles. The summed E-state index contributed by atoms with van der Waals surface area (Å²) in [6.07, 6.45) is 0. The second-order valence-electron chi connectivity index (χ2n) is 6.35. The van der Waals surface area contributed by atoms with Crippen molar-refractivity contribution in [3.05, 3.63) is 47.5 Å². The highest BCUT2D eigenvalue weighted by atomic mass is 32.2. The van der Waals surface area contributed by atoms with Crippen LogP contribution in [0.2, 0.25) is 0 Å². The van der Waals surface area contributed by atoms with E-state index in [9.17, 15) is 18.0 Å². The molecule has 9 nitrogen and oxygen atoms in total. The number of anilines is 1. The van der Waals surface area contributed by atoms with Gasteiger partial charge in [-0.1, -0.05) is 6.07 Å². The van der Waals surface area contributed by atoms with E-state index in [1.807, 2.05) is 6.92 Å². The van der Waals surface area contributed by atoms with Gasteiger partial charge in [-0.3, -0.25) is 9.59 Å². The number of ether oxygens (including phenoxy) is 2. The molecule has 0 saturated carbocycles. The second kappa shape index (κ2) is 8.93. The molecule has 0 bridgehead atoms. The van der Waals surface area contributed by atoms with Gasteiger partial charge < -0.3 is 20.5 Å². The predicted octanol–water partition coefficient (Wildman–Crippen LogP) is 1.37. The van der Waals surface area contributed by atoms with Gasteiger partial charge in [-0.05, 0) is 42.8 Å². The molecule has 2 amide bonds. The number of nitrogens with two attached hydrogens (primary N) is 1. The van der Waals surface area contributed by atoms with Crippen LogP contribution in [-0.2, 0) is 14.8 Å². The lowest BCUT2D eigenvalue weighted by atomic mass is 10.1. The van der Waals surface area contributed by atoms with Crippen LogP contribution in [0.25, 0.3) is 0 Å². The number of benzene rings is 2. The molecule has 0 fully saturated rings. The van der Waals surface area contributed by atoms with Crippen molar-refractivity contribution in [2.45, 2.75) is 11.8 Å². The standard InChI is InChI=1S/C19H23N3O6S/c1-12-5-7-14(19(20)24)16(9-12)28-11-18(23)21-13-6-8-15(27-4)17(10-13)29(25,26)22(2)3/h5-10H,11H2,1-4H3,(H2,20,24)(H,21,23). The Labute approximate surface area is 169 Å². The predicted molar refractivity (Wildman–Crippen MR) is 108 cm³/mol. The van der Waals surface area contributed by atoms with Crippen molar-refractivity contribution in [1.82, 2.24) is 4.31 Å². The van der Waals surface area contributed by atoms with Crippen LogP contribution in [0.15, 0.2) is 41.3 Å². The quantitative estimate of drug-likeness (QED) is 0.663. The molecule has 3 N–H and O–H groups in total. The van der Waals surface area contributed by atoms with Crippen molar-refractivity contribution in [1.29, 1.82) is 0 Å². The Morgan fingerprint density at radius 2 is 1.79 bits per heavy atom. The molecule has 0 atom stereocenters. The van der Waals surface area contributed by atoms with Crippen LogP contribution in [0.3, 0.4) is 0 Å². The Morgan fingerprint density at radius 3 is 2.38 bits per heavy atom. The highest BCUT2D eigenvalue weighted by Gasteiger charge is 2.23. The summed E-state index contributed by atoms with van der Waals surface area (Å²) in [4.78, 5) is 23.7. The Morgan fingerprint density at radius 1 is 1.10 bits per heavy atom. The molecule has 2 rings (SSSR count). The lowest BCUT2D eigenvalue weighted by Crippen LogP contribution is -2.24. The molecule has 10 heteroatoms. The van der Waals surface area contributed by atoms with E-state index < -0.39 is 28.4 Å². The molecule has 29 heavy (non-hydrogen) atoms. The number of primary amides is 1. The van der Waals surface area contributed by atoms with Crippen LogP contribution in [-0.4, -0.2) is 52.3 Å². The van der Waals surface area contributed by atoms with Gasteiger partial charge in [0.05, 0.1) is 12.7 Å². The average molecular weight is 421 g/mol. The number of nitrogens with one attached hydrogen (secondary N) is 1. The Hall–Kier alpha value is -3.11. The van der Waals surface area contributed by atoms with Gasteiger partial charge in [-0.2, -0.15) is 0 Å². The Bertz CT molecular complexity index is 1030. The fraction of sp³-hybridized carbons (Fsp3) is 0.263. The van der Waals surface area contributed by atoms with Gasteiger partial charge >= 0.3 is 0 Å². The molecule has 0 unspecified atom stereocenters. The van der Waals surface area contributed by atoms with E-state index >= 15 is 0 Å². The molecular weight excluding hydrogens is 398 g/mol. The van der Waals surface area contributed by atoms with Crippen LogP contribution in [0.4, 0.5) is 5.69 Å². The first-order valence-corrected chi connectivity index (χ1v) is 9.94. The molecule has 0 aromatic heterocycles. The number of methoxy groups -OCH3 is 1. The number of nitrogens with zero attached hydrogens (tertiary/aromatic N) is 1. The normalized spacial score (nSPS) is 11.2. The summed E-state index contributed by atoms with van der Waals surface area (Å²) in [7, 11) is 0.366. The number of aryl methyl sites for hydroxylation is 1. The van der Waals surface area contributed by atoms with Crippen LogP contribution < -0.4 is 20.5 Å². The fourth-order valence-electron chi connectivity index (χ4n) is 2.45. The van der Waals surface area contributed by atoms with Gasteiger partial charge in [0.25, 0.3) is 11.8 Å². The van der Waals surface area contributed by atoms with Crippen LogP contribution >= 0.6 is 0 Å². The largest absolute Gasteiger partial charge is 0.495 e. The molecule has 0 saturated heterocycles. The van der Waals surface area contributed by atoms with Crippen molar-refractivity contribution >= 4 is 27.5 Å². The Balaban J connectivity index is 2.18. The van der Waals surface area contributed by atoms with Crippen molar-refractivity contribution in [3.63, 3.8) is 0 Å². The maximum atomic E-state index is 12.5. The third-order valence-corrected chi connectivity index (χ3v) is 5.80. The maximum Gasteiger partial charge on any atom is 0.262 e. The number of amides is 2. The van der Waals surface area contributed by atoms with E-state index in [-0.39, 0.29) is 27.6 Å². The molecule has 0 heterocycles. The minimum Gasteiger partial charge on any atom is -0.495 e. The van der Waals surface area contributed by atoms with E-state index in [4.69, 9.17) is 15.2 Å². The van der Waals surface area contributed by atoms with Crippen molar-refractivity contribution < 1.29 is 27.5 Å². The number of sulfonamides is 1. The summed E-state index contributed by atoms with van der Waals surface area (Å²) < 4.78 is 36.5. The van der Waals surface area contributed by atoms with Gasteiger partial charge in [0, 0.05) is 19.8 Å². The zero-order chi connectivity index (χ0) is 21.8. The number of carbonyl (C=O) groups excluding carboxylic acids is 2. The zero-order valence-electron chi connectivity index (χ0n) is 16.6. The topological polar surface area (TPSA) is 128 Å². The summed E-state index contributed by atoms with van der Waals surface area (Å²) in [5.74, 6) is -0.869. The molecular formula is C19H23N3O6S. The first-order chi connectivity index (χ1) is 13.6. The minimum atomic E-state index is -3.78. The summed E-state index contributed by atoms with van der Waals surface area (Å²) in [6, 6.07) is 9.07. The second-order valence-corrected chi connectivity index (χ2v) is 8.47. The number of carbonyl (C=O) groups is 2. The van der Waals surface area contributed by atoms with Gasteiger partial charge in [-0.15, -0.1) is 0 Å². The van der Waals surface area contributed by atoms with Crippen molar-refractivity contribution in [2.75, 3.05) is 33.1 Å². The highest BCUT2D eigenvalue weighted by molar-refractivity contribution is 7.89. The fourth-order valence-corrected chi connectivity index (χ4v) is 3.52. The average Bonchev–Trinajstić information content (AvgIpc) is 2.66. The molecule has 156 valence electrons. The third kappa shape index (κ3) is 5.24. The SMILES string of the molecule is COc1ccc(NC(=O)COc2cc(C)ccc2C(N)=O)cc1S(=O)(=O)N(C)C. The van der Waals surface area contributed by atoms with Crippen LogP contribution in [0.1, 0.15) is 15.9 Å². The van der Waals surface area contributed by atoms with Gasteiger partial charge in [0.2, 0.25) is 10.0 Å². The smallest absolute Gasteiger partial charge is 0.262 e. The molecule has 0 spiro atoms. The maximum absolute atomic E-state index is 12.5. The monoisotopic (exact) mass is 421 g/mol. The molecule has 2 aromatic rings. The van der Waals surface area contributed by atoms with E-state index in [2.05, 4.69) is 5.32 Å². The van der Waals surface area contributed by atoms with E-state index in [1.165, 1.54) is 45.5 Å². The molecule has 0 aliphatic carbocycles. The number of rotatable bonds is 8. The number of hydrogen-bond donors (Lipinski definition) is 2. The van der Waals surface area contributed by atoms with E-state index in [0.717, 1.165) is 9.87 Å². The first kappa shape index (κ1) is 22.2. The molecule has 0 aliphatic heterocycles. The van der Waals surface area contributed by atoms with Crippen molar-refractivity contribution in [3.8, 4) is 11.5 Å². The molecule has 0 radical (unpaired) electrons. The summed E-state index contributed by atoms with van der Waals surface area (Å²) in [5, 5.41) is 2.56.